The molecule has 0 spiro atoms. The third-order valence-corrected chi connectivity index (χ3v) is 5.81. The van der Waals surface area contributed by atoms with Crippen molar-refractivity contribution in [1.29, 1.82) is 0 Å². The number of carbonyl (C=O) groups is 1. The molecule has 2 aromatic carbocycles. The second-order valence-electron chi connectivity index (χ2n) is 6.55. The Balaban J connectivity index is 1.68. The van der Waals surface area contributed by atoms with Gasteiger partial charge in [0.25, 0.3) is 11.6 Å². The summed E-state index contributed by atoms with van der Waals surface area (Å²) < 4.78 is 5.37. The van der Waals surface area contributed by atoms with E-state index in [0.717, 1.165) is 10.6 Å². The lowest BCUT2D eigenvalue weighted by Crippen LogP contribution is -2.36. The average molecular weight is 449 g/mol. The Kier molecular flexibility index (Phi) is 7.67. The minimum Gasteiger partial charge on any atom is -0.378 e. The molecule has 30 heavy (non-hydrogen) atoms. The fourth-order valence-electron chi connectivity index (χ4n) is 2.88. The first-order valence-corrected chi connectivity index (χ1v) is 10.6. The van der Waals surface area contributed by atoms with Gasteiger partial charge in [-0.3, -0.25) is 14.9 Å². The summed E-state index contributed by atoms with van der Waals surface area (Å²) in [6.45, 7) is 4.31. The van der Waals surface area contributed by atoms with Gasteiger partial charge < -0.3 is 9.64 Å². The quantitative estimate of drug-likeness (QED) is 0.300. The van der Waals surface area contributed by atoms with E-state index in [-0.39, 0.29) is 16.8 Å². The van der Waals surface area contributed by atoms with E-state index < -0.39 is 4.92 Å². The molecule has 1 amide bonds. The van der Waals surface area contributed by atoms with Crippen LogP contribution in [0, 0.1) is 10.1 Å². The zero-order valence-electron chi connectivity index (χ0n) is 16.3. The first-order valence-electron chi connectivity index (χ1n) is 9.30. The van der Waals surface area contributed by atoms with Crippen LogP contribution in [0.15, 0.2) is 52.5 Å². The molecule has 1 fully saturated rings. The molecular formula is C20H21ClN4O4S. The SMILES string of the molecule is C[C@H](Sc1ccc(Cl)cc1)C(=O)N/N=C\c1cc([N+](=O)[O-])ccc1N1CCOCC1. The van der Waals surface area contributed by atoms with E-state index in [2.05, 4.69) is 15.4 Å². The van der Waals surface area contributed by atoms with Gasteiger partial charge in [-0.25, -0.2) is 5.43 Å². The van der Waals surface area contributed by atoms with Gasteiger partial charge in [0.15, 0.2) is 0 Å². The fraction of sp³-hybridized carbons (Fsp3) is 0.300. The number of hydrogen-bond donors (Lipinski definition) is 1. The van der Waals surface area contributed by atoms with E-state index in [4.69, 9.17) is 16.3 Å². The van der Waals surface area contributed by atoms with Crippen molar-refractivity contribution >= 4 is 46.9 Å². The molecule has 1 aliphatic heterocycles. The minimum atomic E-state index is -0.455. The summed E-state index contributed by atoms with van der Waals surface area (Å²) in [4.78, 5) is 26.1. The van der Waals surface area contributed by atoms with Gasteiger partial charge in [0.2, 0.25) is 0 Å². The van der Waals surface area contributed by atoms with E-state index in [1.165, 1.54) is 30.1 Å². The summed E-state index contributed by atoms with van der Waals surface area (Å²) in [5, 5.41) is 15.4. The van der Waals surface area contributed by atoms with Crippen molar-refractivity contribution in [2.75, 3.05) is 31.2 Å². The fourth-order valence-corrected chi connectivity index (χ4v) is 3.87. The van der Waals surface area contributed by atoms with Crippen molar-refractivity contribution in [1.82, 2.24) is 5.43 Å². The number of ether oxygens (including phenoxy) is 1. The van der Waals surface area contributed by atoms with Crippen LogP contribution in [0.5, 0.6) is 0 Å². The number of hydrazone groups is 1. The van der Waals surface area contributed by atoms with Gasteiger partial charge >= 0.3 is 0 Å². The number of halogens is 1. The monoisotopic (exact) mass is 448 g/mol. The third kappa shape index (κ3) is 5.94. The van der Waals surface area contributed by atoms with Crippen molar-refractivity contribution in [3.8, 4) is 0 Å². The van der Waals surface area contributed by atoms with Crippen molar-refractivity contribution < 1.29 is 14.5 Å². The number of benzene rings is 2. The Morgan fingerprint density at radius 2 is 2.00 bits per heavy atom. The molecule has 0 bridgehead atoms. The number of hydrogen-bond acceptors (Lipinski definition) is 7. The van der Waals surface area contributed by atoms with Crippen molar-refractivity contribution in [2.45, 2.75) is 17.1 Å². The molecule has 1 saturated heterocycles. The molecule has 1 atom stereocenters. The van der Waals surface area contributed by atoms with Crippen LogP contribution in [-0.2, 0) is 9.53 Å². The molecule has 1 heterocycles. The van der Waals surface area contributed by atoms with Crippen LogP contribution < -0.4 is 10.3 Å². The second kappa shape index (κ2) is 10.4. The summed E-state index contributed by atoms with van der Waals surface area (Å²) in [6, 6.07) is 11.8. The number of anilines is 1. The number of nitrogens with one attached hydrogen (secondary N) is 1. The van der Waals surface area contributed by atoms with E-state index in [0.29, 0.717) is 36.9 Å². The van der Waals surface area contributed by atoms with Crippen LogP contribution >= 0.6 is 23.4 Å². The maximum Gasteiger partial charge on any atom is 0.270 e. The summed E-state index contributed by atoms with van der Waals surface area (Å²) in [5.74, 6) is -0.274. The molecule has 1 aliphatic rings. The van der Waals surface area contributed by atoms with Gasteiger partial charge in [0.05, 0.1) is 29.6 Å². The van der Waals surface area contributed by atoms with Gasteiger partial charge in [0.1, 0.15) is 0 Å². The molecule has 0 saturated carbocycles. The molecular weight excluding hydrogens is 428 g/mol. The maximum absolute atomic E-state index is 12.4. The van der Waals surface area contributed by atoms with Gasteiger partial charge in [-0.15, -0.1) is 11.8 Å². The van der Waals surface area contributed by atoms with Crippen LogP contribution in [0.2, 0.25) is 5.02 Å². The van der Waals surface area contributed by atoms with Crippen LogP contribution in [0.1, 0.15) is 12.5 Å². The lowest BCUT2D eigenvalue weighted by molar-refractivity contribution is -0.384. The molecule has 10 heteroatoms. The molecule has 3 rings (SSSR count). The Hall–Kier alpha value is -2.62. The van der Waals surface area contributed by atoms with Gasteiger partial charge in [-0.05, 0) is 37.3 Å². The predicted molar refractivity (Wildman–Crippen MR) is 119 cm³/mol. The topological polar surface area (TPSA) is 97.1 Å². The van der Waals surface area contributed by atoms with Crippen LogP contribution in [0.3, 0.4) is 0 Å². The van der Waals surface area contributed by atoms with Gasteiger partial charge in [-0.1, -0.05) is 11.6 Å². The van der Waals surface area contributed by atoms with E-state index >= 15 is 0 Å². The minimum absolute atomic E-state index is 0.0357. The van der Waals surface area contributed by atoms with Crippen LogP contribution in [0.25, 0.3) is 0 Å². The van der Waals surface area contributed by atoms with Gasteiger partial charge in [-0.2, -0.15) is 5.10 Å². The highest BCUT2D eigenvalue weighted by Gasteiger charge is 2.18. The number of nitro groups is 1. The lowest BCUT2D eigenvalue weighted by atomic mass is 10.1. The number of nitrogens with zero attached hydrogens (tertiary/aromatic N) is 3. The second-order valence-corrected chi connectivity index (χ2v) is 8.40. The smallest absolute Gasteiger partial charge is 0.270 e. The number of carbonyl (C=O) groups excluding carboxylic acids is 1. The highest BCUT2D eigenvalue weighted by molar-refractivity contribution is 8.00. The molecule has 158 valence electrons. The molecule has 0 aliphatic carbocycles. The van der Waals surface area contributed by atoms with Gasteiger partial charge in [0, 0.05) is 46.4 Å². The zero-order valence-corrected chi connectivity index (χ0v) is 17.9. The van der Waals surface area contributed by atoms with E-state index in [1.54, 1.807) is 25.1 Å². The third-order valence-electron chi connectivity index (χ3n) is 4.45. The molecule has 0 unspecified atom stereocenters. The lowest BCUT2D eigenvalue weighted by Gasteiger charge is -2.29. The standard InChI is InChI=1S/C20H21ClN4O4S/c1-14(30-18-5-2-16(21)3-6-18)20(26)23-22-13-15-12-17(25(27)28)4-7-19(15)24-8-10-29-11-9-24/h2-7,12-14H,8-11H2,1H3,(H,23,26)/b22-13-/t14-/m0/s1. The van der Waals surface area contributed by atoms with Crippen molar-refractivity contribution in [3.05, 3.63) is 63.2 Å². The van der Waals surface area contributed by atoms with E-state index in [1.807, 2.05) is 12.1 Å². The number of morpholine rings is 1. The summed E-state index contributed by atoms with van der Waals surface area (Å²) in [5.41, 5.74) is 3.85. The first-order chi connectivity index (χ1) is 14.4. The summed E-state index contributed by atoms with van der Waals surface area (Å²) >= 11 is 7.26. The number of rotatable bonds is 7. The average Bonchev–Trinajstić information content (AvgIpc) is 2.75. The largest absolute Gasteiger partial charge is 0.378 e. The Bertz CT molecular complexity index is 933. The number of amides is 1. The summed E-state index contributed by atoms with van der Waals surface area (Å²) in [7, 11) is 0. The first kappa shape index (κ1) is 22.1. The maximum atomic E-state index is 12.4. The Labute approximate surface area is 183 Å². The number of non-ortho nitro benzene ring substituents is 1. The van der Waals surface area contributed by atoms with Crippen molar-refractivity contribution in [3.63, 3.8) is 0 Å². The molecule has 0 radical (unpaired) electrons. The number of nitro benzene ring substituents is 1. The van der Waals surface area contributed by atoms with E-state index in [9.17, 15) is 14.9 Å². The highest BCUT2D eigenvalue weighted by Crippen LogP contribution is 2.26. The van der Waals surface area contributed by atoms with Crippen molar-refractivity contribution in [2.24, 2.45) is 5.10 Å². The Morgan fingerprint density at radius 1 is 1.30 bits per heavy atom. The number of thioether (sulfide) groups is 1. The normalized spacial score (nSPS) is 15.2. The predicted octanol–water partition coefficient (Wildman–Crippen LogP) is 3.72. The Morgan fingerprint density at radius 3 is 2.67 bits per heavy atom. The highest BCUT2D eigenvalue weighted by atomic mass is 35.5. The molecule has 0 aromatic heterocycles. The molecule has 2 aromatic rings. The molecule has 8 nitrogen and oxygen atoms in total. The van der Waals surface area contributed by atoms with Crippen LogP contribution in [0.4, 0.5) is 11.4 Å². The van der Waals surface area contributed by atoms with Crippen LogP contribution in [-0.4, -0.2) is 48.6 Å². The molecule has 1 N–H and O–H groups in total. The summed E-state index contributed by atoms with van der Waals surface area (Å²) in [6.07, 6.45) is 1.44. The zero-order chi connectivity index (χ0) is 21.5.